The second kappa shape index (κ2) is 6.41. The SMILES string of the molecule is O=C(CCc1cccnc1)Nc1nnc(C23CC4CC(CC(C4)C2)C3)s1. The molecule has 136 valence electrons. The molecule has 4 bridgehead atoms. The molecule has 1 amide bonds. The summed E-state index contributed by atoms with van der Waals surface area (Å²) in [5, 5.41) is 13.6. The van der Waals surface area contributed by atoms with Crippen LogP contribution in [0, 0.1) is 17.8 Å². The normalized spacial score (nSPS) is 31.9. The molecule has 0 radical (unpaired) electrons. The van der Waals surface area contributed by atoms with Crippen molar-refractivity contribution >= 4 is 22.4 Å². The number of anilines is 1. The molecule has 0 spiro atoms. The van der Waals surface area contributed by atoms with Crippen LogP contribution in [-0.4, -0.2) is 21.1 Å². The van der Waals surface area contributed by atoms with Gasteiger partial charge >= 0.3 is 0 Å². The van der Waals surface area contributed by atoms with Gasteiger partial charge < -0.3 is 5.32 Å². The van der Waals surface area contributed by atoms with Crippen LogP contribution < -0.4 is 5.32 Å². The summed E-state index contributed by atoms with van der Waals surface area (Å²) >= 11 is 1.60. The molecule has 5 nitrogen and oxygen atoms in total. The first-order valence-electron chi connectivity index (χ1n) is 9.71. The average Bonchev–Trinajstić information content (AvgIpc) is 3.09. The highest BCUT2D eigenvalue weighted by atomic mass is 32.1. The number of pyridine rings is 1. The minimum absolute atomic E-state index is 0.00191. The number of amides is 1. The van der Waals surface area contributed by atoms with E-state index >= 15 is 0 Å². The van der Waals surface area contributed by atoms with Crippen LogP contribution >= 0.6 is 11.3 Å². The summed E-state index contributed by atoms with van der Waals surface area (Å²) in [6.45, 7) is 0. The molecule has 6 rings (SSSR count). The fraction of sp³-hybridized carbons (Fsp3) is 0.600. The Balaban J connectivity index is 1.24. The standard InChI is InChI=1S/C20H24N4OS/c25-17(4-3-13-2-1-5-21-12-13)22-19-24-23-18(26-19)20-9-14-6-15(10-20)8-16(7-14)11-20/h1-2,5,12,14-16H,3-4,6-11H2,(H,22,24,25). The molecule has 4 fully saturated rings. The molecule has 0 aliphatic heterocycles. The van der Waals surface area contributed by atoms with Crippen molar-refractivity contribution in [3.63, 3.8) is 0 Å². The molecule has 2 aromatic heterocycles. The number of nitrogens with zero attached hydrogens (tertiary/aromatic N) is 3. The third-order valence-electron chi connectivity index (χ3n) is 6.53. The van der Waals surface area contributed by atoms with Gasteiger partial charge in [0.2, 0.25) is 11.0 Å². The minimum atomic E-state index is 0.00191. The number of aryl methyl sites for hydroxylation is 1. The zero-order valence-corrected chi connectivity index (χ0v) is 15.7. The van der Waals surface area contributed by atoms with Gasteiger partial charge in [0.1, 0.15) is 5.01 Å². The molecule has 1 N–H and O–H groups in total. The lowest BCUT2D eigenvalue weighted by molar-refractivity contribution is -0.116. The van der Waals surface area contributed by atoms with E-state index in [1.807, 2.05) is 18.3 Å². The lowest BCUT2D eigenvalue weighted by atomic mass is 9.50. The van der Waals surface area contributed by atoms with Gasteiger partial charge in [0.15, 0.2) is 0 Å². The largest absolute Gasteiger partial charge is 0.301 e. The molecular formula is C20H24N4OS. The van der Waals surface area contributed by atoms with Crippen molar-refractivity contribution in [1.82, 2.24) is 15.2 Å². The second-order valence-corrected chi connectivity index (χ2v) is 9.50. The van der Waals surface area contributed by atoms with Gasteiger partial charge in [-0.1, -0.05) is 17.4 Å². The van der Waals surface area contributed by atoms with Gasteiger partial charge in [-0.05, 0) is 74.3 Å². The Bertz CT molecular complexity index is 768. The number of hydrogen-bond donors (Lipinski definition) is 1. The van der Waals surface area contributed by atoms with Crippen LogP contribution in [0.15, 0.2) is 24.5 Å². The lowest BCUT2D eigenvalue weighted by Crippen LogP contribution is -2.48. The van der Waals surface area contributed by atoms with Crippen molar-refractivity contribution in [3.8, 4) is 0 Å². The van der Waals surface area contributed by atoms with Gasteiger partial charge in [0, 0.05) is 24.2 Å². The maximum atomic E-state index is 12.3. The van der Waals surface area contributed by atoms with E-state index in [9.17, 15) is 4.79 Å². The molecule has 4 aliphatic carbocycles. The fourth-order valence-electron chi connectivity index (χ4n) is 5.85. The van der Waals surface area contributed by atoms with Gasteiger partial charge in [-0.15, -0.1) is 10.2 Å². The highest BCUT2D eigenvalue weighted by Gasteiger charge is 2.53. The Labute approximate surface area is 157 Å². The number of aromatic nitrogens is 3. The predicted octanol–water partition coefficient (Wildman–Crippen LogP) is 3.97. The average molecular weight is 369 g/mol. The third kappa shape index (κ3) is 3.04. The highest BCUT2D eigenvalue weighted by molar-refractivity contribution is 7.15. The van der Waals surface area contributed by atoms with E-state index in [1.165, 1.54) is 43.5 Å². The summed E-state index contributed by atoms with van der Waals surface area (Å²) in [4.78, 5) is 16.3. The number of hydrogen-bond acceptors (Lipinski definition) is 5. The Kier molecular flexibility index (Phi) is 4.03. The Morgan fingerprint density at radius 2 is 1.88 bits per heavy atom. The first-order valence-corrected chi connectivity index (χ1v) is 10.5. The van der Waals surface area contributed by atoms with Crippen LogP contribution in [0.5, 0.6) is 0 Å². The zero-order valence-electron chi connectivity index (χ0n) is 14.9. The first-order chi connectivity index (χ1) is 12.7. The number of carbonyl (C=O) groups is 1. The molecule has 6 heteroatoms. The van der Waals surface area contributed by atoms with Crippen molar-refractivity contribution in [2.75, 3.05) is 5.32 Å². The van der Waals surface area contributed by atoms with E-state index in [-0.39, 0.29) is 11.3 Å². The molecule has 4 saturated carbocycles. The van der Waals surface area contributed by atoms with Crippen molar-refractivity contribution < 1.29 is 4.79 Å². The van der Waals surface area contributed by atoms with Crippen LogP contribution in [0.4, 0.5) is 5.13 Å². The number of carbonyl (C=O) groups excluding carboxylic acids is 1. The van der Waals surface area contributed by atoms with E-state index in [0.29, 0.717) is 18.0 Å². The van der Waals surface area contributed by atoms with Crippen LogP contribution in [-0.2, 0) is 16.6 Å². The molecule has 0 atom stereocenters. The Hall–Kier alpha value is -1.82. The van der Waals surface area contributed by atoms with Gasteiger partial charge in [-0.2, -0.15) is 0 Å². The maximum absolute atomic E-state index is 12.3. The van der Waals surface area contributed by atoms with E-state index in [4.69, 9.17) is 0 Å². The van der Waals surface area contributed by atoms with E-state index in [2.05, 4.69) is 20.5 Å². The van der Waals surface area contributed by atoms with E-state index in [1.54, 1.807) is 17.5 Å². The summed E-state index contributed by atoms with van der Waals surface area (Å²) < 4.78 is 0. The predicted molar refractivity (Wildman–Crippen MR) is 101 cm³/mol. The topological polar surface area (TPSA) is 67.8 Å². The van der Waals surface area contributed by atoms with E-state index < -0.39 is 0 Å². The van der Waals surface area contributed by atoms with Crippen molar-refractivity contribution in [3.05, 3.63) is 35.1 Å². The van der Waals surface area contributed by atoms with E-state index in [0.717, 1.165) is 23.3 Å². The summed E-state index contributed by atoms with van der Waals surface area (Å²) in [6, 6.07) is 3.89. The number of rotatable bonds is 5. The quantitative estimate of drug-likeness (QED) is 0.867. The van der Waals surface area contributed by atoms with Crippen LogP contribution in [0.1, 0.15) is 55.5 Å². The lowest BCUT2D eigenvalue weighted by Gasteiger charge is -2.55. The van der Waals surface area contributed by atoms with Crippen LogP contribution in [0.2, 0.25) is 0 Å². The monoisotopic (exact) mass is 368 g/mol. The molecule has 4 aliphatic rings. The van der Waals surface area contributed by atoms with Crippen molar-refractivity contribution in [2.24, 2.45) is 17.8 Å². The third-order valence-corrected chi connectivity index (χ3v) is 7.61. The minimum Gasteiger partial charge on any atom is -0.301 e. The molecular weight excluding hydrogens is 344 g/mol. The molecule has 0 aromatic carbocycles. The van der Waals surface area contributed by atoms with Crippen molar-refractivity contribution in [2.45, 2.75) is 56.8 Å². The van der Waals surface area contributed by atoms with Crippen molar-refractivity contribution in [1.29, 1.82) is 0 Å². The Morgan fingerprint density at radius 3 is 2.54 bits per heavy atom. The summed E-state index contributed by atoms with van der Waals surface area (Å²) in [5.74, 6) is 2.68. The zero-order chi connectivity index (χ0) is 17.6. The molecule has 2 aromatic rings. The van der Waals surface area contributed by atoms with Gasteiger partial charge in [-0.3, -0.25) is 9.78 Å². The smallest absolute Gasteiger partial charge is 0.226 e. The molecule has 0 saturated heterocycles. The van der Waals surface area contributed by atoms with Gasteiger partial charge in [0.25, 0.3) is 0 Å². The second-order valence-electron chi connectivity index (χ2n) is 8.52. The van der Waals surface area contributed by atoms with Gasteiger partial charge in [0.05, 0.1) is 0 Å². The fourth-order valence-corrected chi connectivity index (χ4v) is 6.82. The summed E-state index contributed by atoms with van der Waals surface area (Å²) in [7, 11) is 0. The maximum Gasteiger partial charge on any atom is 0.226 e. The first kappa shape index (κ1) is 16.4. The highest BCUT2D eigenvalue weighted by Crippen LogP contribution is 2.61. The summed E-state index contributed by atoms with van der Waals surface area (Å²) in [6.07, 6.45) is 12.8. The summed E-state index contributed by atoms with van der Waals surface area (Å²) in [5.41, 5.74) is 1.33. The Morgan fingerprint density at radius 1 is 1.15 bits per heavy atom. The van der Waals surface area contributed by atoms with Crippen LogP contribution in [0.25, 0.3) is 0 Å². The molecule has 2 heterocycles. The van der Waals surface area contributed by atoms with Gasteiger partial charge in [-0.25, -0.2) is 0 Å². The number of nitrogens with one attached hydrogen (secondary N) is 1. The van der Waals surface area contributed by atoms with Crippen LogP contribution in [0.3, 0.4) is 0 Å². The molecule has 0 unspecified atom stereocenters. The molecule has 26 heavy (non-hydrogen) atoms.